The molecule has 1 atom stereocenters. The highest BCUT2D eigenvalue weighted by Gasteiger charge is 2.07. The second-order valence-electron chi connectivity index (χ2n) is 3.75. The Morgan fingerprint density at radius 2 is 2.31 bits per heavy atom. The number of benzene rings is 1. The van der Waals surface area contributed by atoms with E-state index < -0.39 is 0 Å². The SMILES string of the molecule is CSC(C)Cn1c(=S)[nH]c2cc(Cl)ccc21. The number of imidazole rings is 1. The summed E-state index contributed by atoms with van der Waals surface area (Å²) in [6.45, 7) is 3.11. The number of nitrogens with zero attached hydrogens (tertiary/aromatic N) is 1. The Hall–Kier alpha value is -0.450. The van der Waals surface area contributed by atoms with Gasteiger partial charge < -0.3 is 9.55 Å². The number of hydrogen-bond donors (Lipinski definition) is 1. The van der Waals surface area contributed by atoms with Gasteiger partial charge in [0.15, 0.2) is 4.77 Å². The van der Waals surface area contributed by atoms with Crippen LogP contribution < -0.4 is 0 Å². The van der Waals surface area contributed by atoms with Crippen LogP contribution in [-0.2, 0) is 6.54 Å². The minimum atomic E-state index is 0.543. The molecule has 86 valence electrons. The molecule has 1 heterocycles. The predicted molar refractivity (Wildman–Crippen MR) is 75.1 cm³/mol. The Kier molecular flexibility index (Phi) is 3.62. The lowest BCUT2D eigenvalue weighted by Gasteiger charge is -2.09. The van der Waals surface area contributed by atoms with Crippen LogP contribution in [0.25, 0.3) is 11.0 Å². The van der Waals surface area contributed by atoms with E-state index in [-0.39, 0.29) is 0 Å². The maximum absolute atomic E-state index is 5.95. The molecule has 0 aliphatic carbocycles. The number of nitrogens with one attached hydrogen (secondary N) is 1. The quantitative estimate of drug-likeness (QED) is 0.849. The van der Waals surface area contributed by atoms with Gasteiger partial charge in [0, 0.05) is 16.8 Å². The van der Waals surface area contributed by atoms with Gasteiger partial charge in [0.1, 0.15) is 0 Å². The van der Waals surface area contributed by atoms with Crippen LogP contribution in [-0.4, -0.2) is 21.1 Å². The largest absolute Gasteiger partial charge is 0.331 e. The van der Waals surface area contributed by atoms with Crippen LogP contribution in [0.3, 0.4) is 0 Å². The van der Waals surface area contributed by atoms with Crippen LogP contribution in [0.4, 0.5) is 0 Å². The molecule has 1 N–H and O–H groups in total. The van der Waals surface area contributed by atoms with Gasteiger partial charge in [0.25, 0.3) is 0 Å². The van der Waals surface area contributed by atoms with E-state index in [1.54, 1.807) is 0 Å². The van der Waals surface area contributed by atoms with Gasteiger partial charge in [0.2, 0.25) is 0 Å². The first-order chi connectivity index (χ1) is 7.61. The van der Waals surface area contributed by atoms with E-state index in [1.165, 1.54) is 0 Å². The Morgan fingerprint density at radius 1 is 1.56 bits per heavy atom. The normalized spacial score (nSPS) is 13.2. The third-order valence-corrected chi connectivity index (χ3v) is 4.09. The topological polar surface area (TPSA) is 20.7 Å². The summed E-state index contributed by atoms with van der Waals surface area (Å²) in [5.74, 6) is 0. The highest BCUT2D eigenvalue weighted by Crippen LogP contribution is 2.20. The number of aromatic amines is 1. The lowest BCUT2D eigenvalue weighted by molar-refractivity contribution is 0.702. The van der Waals surface area contributed by atoms with Gasteiger partial charge in [0.05, 0.1) is 11.0 Å². The fraction of sp³-hybridized carbons (Fsp3) is 0.364. The fourth-order valence-electron chi connectivity index (χ4n) is 1.65. The van der Waals surface area contributed by atoms with E-state index in [0.29, 0.717) is 5.25 Å². The third kappa shape index (κ3) is 2.29. The van der Waals surface area contributed by atoms with E-state index in [4.69, 9.17) is 23.8 Å². The molecule has 5 heteroatoms. The molecule has 0 aliphatic heterocycles. The van der Waals surface area contributed by atoms with E-state index in [2.05, 4.69) is 22.7 Å². The number of hydrogen-bond acceptors (Lipinski definition) is 2. The van der Waals surface area contributed by atoms with Gasteiger partial charge in [-0.15, -0.1) is 0 Å². The summed E-state index contributed by atoms with van der Waals surface area (Å²) in [6.07, 6.45) is 2.11. The molecule has 0 fully saturated rings. The summed E-state index contributed by atoms with van der Waals surface area (Å²) in [5.41, 5.74) is 2.13. The summed E-state index contributed by atoms with van der Waals surface area (Å²) in [7, 11) is 0. The Balaban J connectivity index is 2.52. The molecule has 0 spiro atoms. The summed E-state index contributed by atoms with van der Waals surface area (Å²) in [5, 5.41) is 1.27. The Morgan fingerprint density at radius 3 is 3.00 bits per heavy atom. The van der Waals surface area contributed by atoms with E-state index in [0.717, 1.165) is 27.4 Å². The molecule has 0 saturated heterocycles. The molecule has 16 heavy (non-hydrogen) atoms. The van der Waals surface area contributed by atoms with Crippen molar-refractivity contribution >= 4 is 46.6 Å². The van der Waals surface area contributed by atoms with Crippen LogP contribution in [0.15, 0.2) is 18.2 Å². The highest BCUT2D eigenvalue weighted by atomic mass is 35.5. The second kappa shape index (κ2) is 4.82. The van der Waals surface area contributed by atoms with Gasteiger partial charge in [-0.2, -0.15) is 11.8 Å². The zero-order valence-corrected chi connectivity index (χ0v) is 11.5. The molecule has 1 aromatic carbocycles. The predicted octanol–water partition coefficient (Wildman–Crippen LogP) is 4.10. The van der Waals surface area contributed by atoms with Crippen molar-refractivity contribution in [2.75, 3.05) is 6.26 Å². The van der Waals surface area contributed by atoms with Crippen LogP contribution in [0.5, 0.6) is 0 Å². The van der Waals surface area contributed by atoms with Crippen molar-refractivity contribution in [1.29, 1.82) is 0 Å². The number of halogens is 1. The number of fused-ring (bicyclic) bond motifs is 1. The van der Waals surface area contributed by atoms with Gasteiger partial charge in [-0.1, -0.05) is 18.5 Å². The lowest BCUT2D eigenvalue weighted by atomic mass is 10.3. The minimum absolute atomic E-state index is 0.543. The van der Waals surface area contributed by atoms with Crippen molar-refractivity contribution in [2.45, 2.75) is 18.7 Å². The molecule has 2 aromatic rings. The standard InChI is InChI=1S/C11H13ClN2S2/c1-7(16-2)6-14-10-4-3-8(12)5-9(10)13-11(14)15/h3-5,7H,6H2,1-2H3,(H,13,15). The molecule has 0 radical (unpaired) electrons. The third-order valence-electron chi connectivity index (χ3n) is 2.58. The number of rotatable bonds is 3. The number of thioether (sulfide) groups is 1. The van der Waals surface area contributed by atoms with E-state index in [9.17, 15) is 0 Å². The highest BCUT2D eigenvalue weighted by molar-refractivity contribution is 7.99. The molecule has 0 aliphatic rings. The average Bonchev–Trinajstić information content (AvgIpc) is 2.54. The molecule has 1 unspecified atom stereocenters. The van der Waals surface area contributed by atoms with Crippen LogP contribution in [0.1, 0.15) is 6.92 Å². The van der Waals surface area contributed by atoms with Crippen LogP contribution in [0, 0.1) is 4.77 Å². The molecule has 0 bridgehead atoms. The fourth-order valence-corrected chi connectivity index (χ4v) is 2.40. The van der Waals surface area contributed by atoms with Crippen molar-refractivity contribution in [3.05, 3.63) is 28.0 Å². The summed E-state index contributed by atoms with van der Waals surface area (Å²) in [4.78, 5) is 3.18. The molecule has 2 rings (SSSR count). The molecular weight excluding hydrogens is 260 g/mol. The minimum Gasteiger partial charge on any atom is -0.331 e. The summed E-state index contributed by atoms with van der Waals surface area (Å²) >= 11 is 13.1. The number of H-pyrrole nitrogens is 1. The van der Waals surface area contributed by atoms with Gasteiger partial charge in [-0.25, -0.2) is 0 Å². The molecule has 2 nitrogen and oxygen atoms in total. The summed E-state index contributed by atoms with van der Waals surface area (Å²) in [6, 6.07) is 5.82. The van der Waals surface area contributed by atoms with E-state index in [1.807, 2.05) is 30.0 Å². The van der Waals surface area contributed by atoms with Crippen molar-refractivity contribution in [3.63, 3.8) is 0 Å². The smallest absolute Gasteiger partial charge is 0.178 e. The average molecular weight is 273 g/mol. The first-order valence-electron chi connectivity index (χ1n) is 5.02. The first-order valence-corrected chi connectivity index (χ1v) is 7.10. The van der Waals surface area contributed by atoms with Crippen LogP contribution in [0.2, 0.25) is 5.02 Å². The van der Waals surface area contributed by atoms with E-state index >= 15 is 0 Å². The van der Waals surface area contributed by atoms with Crippen molar-refractivity contribution in [2.24, 2.45) is 0 Å². The zero-order valence-electron chi connectivity index (χ0n) is 9.16. The van der Waals surface area contributed by atoms with Gasteiger partial charge >= 0.3 is 0 Å². The lowest BCUT2D eigenvalue weighted by Crippen LogP contribution is -2.08. The summed E-state index contributed by atoms with van der Waals surface area (Å²) < 4.78 is 2.89. The second-order valence-corrected chi connectivity index (χ2v) is 5.85. The maximum atomic E-state index is 5.95. The van der Waals surface area contributed by atoms with Crippen molar-refractivity contribution < 1.29 is 0 Å². The monoisotopic (exact) mass is 272 g/mol. The molecule has 0 saturated carbocycles. The molecule has 1 aromatic heterocycles. The maximum Gasteiger partial charge on any atom is 0.178 e. The molecule has 0 amide bonds. The zero-order chi connectivity index (χ0) is 11.7. The van der Waals surface area contributed by atoms with Gasteiger partial charge in [-0.05, 0) is 36.7 Å². The van der Waals surface area contributed by atoms with Gasteiger partial charge in [-0.3, -0.25) is 0 Å². The van der Waals surface area contributed by atoms with Crippen molar-refractivity contribution in [3.8, 4) is 0 Å². The Bertz CT molecular complexity index is 559. The van der Waals surface area contributed by atoms with Crippen LogP contribution >= 0.6 is 35.6 Å². The van der Waals surface area contributed by atoms with Crippen molar-refractivity contribution in [1.82, 2.24) is 9.55 Å². The number of aromatic nitrogens is 2. The Labute approximate surface area is 109 Å². The first kappa shape index (κ1) is 12.0. The molecular formula is C11H13ClN2S2.